The molecule has 0 radical (unpaired) electrons. The van der Waals surface area contributed by atoms with Crippen LogP contribution in [-0.2, 0) is 4.79 Å². The summed E-state index contributed by atoms with van der Waals surface area (Å²) in [5.41, 5.74) is 1.81. The van der Waals surface area contributed by atoms with E-state index in [0.29, 0.717) is 21.5 Å². The molecule has 4 heteroatoms. The van der Waals surface area contributed by atoms with Crippen molar-refractivity contribution in [1.82, 2.24) is 10.0 Å². The van der Waals surface area contributed by atoms with E-state index in [2.05, 4.69) is 58.6 Å². The van der Waals surface area contributed by atoms with Crippen molar-refractivity contribution >= 4 is 18.4 Å². The van der Waals surface area contributed by atoms with Gasteiger partial charge in [0.2, 0.25) is 6.41 Å². The average Bonchev–Trinajstić information content (AvgIpc) is 3.27. The van der Waals surface area contributed by atoms with Gasteiger partial charge in [-0.1, -0.05) is 60.8 Å². The summed E-state index contributed by atoms with van der Waals surface area (Å²) in [6, 6.07) is 0. The molecule has 0 aromatic heterocycles. The second-order valence-electron chi connectivity index (χ2n) is 16.4. The third-order valence-electron chi connectivity index (χ3n) is 13.6. The fraction of sp³-hybridized carbons (Fsp3) is 0.972. The summed E-state index contributed by atoms with van der Waals surface area (Å²) in [7, 11) is 2.11. The summed E-state index contributed by atoms with van der Waals surface area (Å²) >= 11 is 1.59. The smallest absolute Gasteiger partial charge is 0.216 e. The van der Waals surface area contributed by atoms with Crippen LogP contribution in [0.25, 0.3) is 0 Å². The molecule has 0 aromatic rings. The summed E-state index contributed by atoms with van der Waals surface area (Å²) in [6.45, 7) is 16.2. The van der Waals surface area contributed by atoms with Gasteiger partial charge in [-0.3, -0.25) is 4.79 Å². The van der Waals surface area contributed by atoms with Gasteiger partial charge in [-0.15, -0.1) is 0 Å². The topological polar surface area (TPSA) is 41.1 Å². The van der Waals surface area contributed by atoms with E-state index in [-0.39, 0.29) is 0 Å². The Labute approximate surface area is 253 Å². The SMILES string of the molecule is CC(C)(C)C1CCC(SNC=O)CC1.CC[C@H]1CC2C3CCC(CCCNC)C3(C)CC[C@@H]2C2(C)CCCCC12. The highest BCUT2D eigenvalue weighted by Gasteiger charge is 2.60. The fourth-order valence-electron chi connectivity index (χ4n) is 11.3. The molecule has 0 saturated heterocycles. The van der Waals surface area contributed by atoms with Crippen molar-refractivity contribution < 1.29 is 4.79 Å². The summed E-state index contributed by atoms with van der Waals surface area (Å²) < 4.78 is 2.71. The van der Waals surface area contributed by atoms with Crippen molar-refractivity contribution in [1.29, 1.82) is 0 Å². The molecule has 6 unspecified atom stereocenters. The van der Waals surface area contributed by atoms with Crippen LogP contribution in [0, 0.1) is 57.7 Å². The highest BCUT2D eigenvalue weighted by molar-refractivity contribution is 7.98. The van der Waals surface area contributed by atoms with Crippen LogP contribution in [0.2, 0.25) is 0 Å². The maximum atomic E-state index is 10.1. The molecule has 0 bridgehead atoms. The number of nitrogens with one attached hydrogen (secondary N) is 2. The summed E-state index contributed by atoms with van der Waals surface area (Å²) in [5.74, 6) is 7.13. The van der Waals surface area contributed by atoms with E-state index in [1.807, 2.05) is 0 Å². The van der Waals surface area contributed by atoms with Crippen LogP contribution in [0.3, 0.4) is 0 Å². The Bertz CT molecular complexity index is 788. The first-order valence-electron chi connectivity index (χ1n) is 17.6. The van der Waals surface area contributed by atoms with E-state index < -0.39 is 0 Å². The zero-order chi connectivity index (χ0) is 29.0. The zero-order valence-corrected chi connectivity index (χ0v) is 28.3. The largest absolute Gasteiger partial charge is 0.320 e. The quantitative estimate of drug-likeness (QED) is 0.172. The van der Waals surface area contributed by atoms with E-state index in [9.17, 15) is 4.79 Å². The van der Waals surface area contributed by atoms with Crippen LogP contribution in [-0.4, -0.2) is 25.3 Å². The van der Waals surface area contributed by atoms with Crippen molar-refractivity contribution in [3.8, 4) is 0 Å². The number of rotatable bonds is 8. The molecular formula is C36H66N2OS. The first-order chi connectivity index (χ1) is 19.1. The zero-order valence-electron chi connectivity index (χ0n) is 27.5. The summed E-state index contributed by atoms with van der Waals surface area (Å²) in [5, 5.41) is 4.01. The minimum Gasteiger partial charge on any atom is -0.320 e. The molecule has 0 aromatic carbocycles. The van der Waals surface area contributed by atoms with Crippen molar-refractivity contribution in [2.24, 2.45) is 57.7 Å². The summed E-state index contributed by atoms with van der Waals surface area (Å²) in [6.07, 6.45) is 24.1. The van der Waals surface area contributed by atoms with E-state index >= 15 is 0 Å². The van der Waals surface area contributed by atoms with Gasteiger partial charge in [0.15, 0.2) is 0 Å². The maximum absolute atomic E-state index is 10.1. The average molecular weight is 575 g/mol. The van der Waals surface area contributed by atoms with Crippen molar-refractivity contribution in [3.63, 3.8) is 0 Å². The molecule has 5 rings (SSSR count). The van der Waals surface area contributed by atoms with Gasteiger partial charge in [0.05, 0.1) is 0 Å². The van der Waals surface area contributed by atoms with Gasteiger partial charge >= 0.3 is 0 Å². The molecule has 5 aliphatic carbocycles. The van der Waals surface area contributed by atoms with Crippen LogP contribution in [0.4, 0.5) is 0 Å². The number of hydrogen-bond donors (Lipinski definition) is 2. The van der Waals surface area contributed by atoms with Gasteiger partial charge in [-0.05, 0) is 167 Å². The third kappa shape index (κ3) is 6.95. The van der Waals surface area contributed by atoms with Crippen molar-refractivity contribution in [2.75, 3.05) is 13.6 Å². The molecule has 5 fully saturated rings. The van der Waals surface area contributed by atoms with Gasteiger partial charge in [0, 0.05) is 5.25 Å². The Balaban J connectivity index is 0.000000224. The van der Waals surface area contributed by atoms with Crippen LogP contribution in [0.5, 0.6) is 0 Å². The molecule has 0 spiro atoms. The highest BCUT2D eigenvalue weighted by Crippen LogP contribution is 2.69. The van der Waals surface area contributed by atoms with E-state index in [0.717, 1.165) is 47.8 Å². The number of amides is 1. The van der Waals surface area contributed by atoms with E-state index in [1.165, 1.54) is 70.8 Å². The molecular weight excluding hydrogens is 508 g/mol. The van der Waals surface area contributed by atoms with Gasteiger partial charge in [0.1, 0.15) is 0 Å². The second kappa shape index (κ2) is 14.0. The Morgan fingerprint density at radius 3 is 2.25 bits per heavy atom. The lowest BCUT2D eigenvalue weighted by Crippen LogP contribution is -2.55. The molecule has 0 aliphatic heterocycles. The number of hydrogen-bond acceptors (Lipinski definition) is 3. The third-order valence-corrected chi connectivity index (χ3v) is 14.7. The van der Waals surface area contributed by atoms with Gasteiger partial charge in [-0.25, -0.2) is 0 Å². The van der Waals surface area contributed by atoms with Gasteiger partial charge < -0.3 is 10.0 Å². The molecule has 5 saturated carbocycles. The van der Waals surface area contributed by atoms with Gasteiger partial charge in [-0.2, -0.15) is 0 Å². The Hall–Kier alpha value is -0.220. The van der Waals surface area contributed by atoms with Crippen molar-refractivity contribution in [2.45, 2.75) is 150 Å². The fourth-order valence-corrected chi connectivity index (χ4v) is 12.1. The predicted molar refractivity (Wildman–Crippen MR) is 174 cm³/mol. The first-order valence-corrected chi connectivity index (χ1v) is 18.5. The maximum Gasteiger partial charge on any atom is 0.216 e. The molecule has 0 heterocycles. The standard InChI is InChI=1S/C25H45N.C11H21NOS/c1-5-18-17-20-22-12-11-19(9-8-16-26-4)24(22,2)15-13-23(20)25(3)14-7-6-10-21(18)25;1-11(2,3)9-4-6-10(7-5-9)14-12-8-13/h18-23,26H,5-17H2,1-4H3;8-10H,4-7H2,1-3H3,(H,12,13)/t18-,19?,20?,21?,22?,23-,24?,25?;/m0./s1. The Kier molecular flexibility index (Phi) is 11.5. The Morgan fingerprint density at radius 1 is 0.875 bits per heavy atom. The predicted octanol–water partition coefficient (Wildman–Crippen LogP) is 9.66. The monoisotopic (exact) mass is 574 g/mol. The molecule has 2 N–H and O–H groups in total. The second-order valence-corrected chi connectivity index (χ2v) is 17.5. The lowest BCUT2D eigenvalue weighted by Gasteiger charge is -2.62. The van der Waals surface area contributed by atoms with Crippen LogP contribution >= 0.6 is 11.9 Å². The molecule has 5 aliphatic rings. The summed E-state index contributed by atoms with van der Waals surface area (Å²) in [4.78, 5) is 10.1. The molecule has 1 amide bonds. The van der Waals surface area contributed by atoms with E-state index in [4.69, 9.17) is 0 Å². The van der Waals surface area contributed by atoms with Gasteiger partial charge in [0.25, 0.3) is 0 Å². The molecule has 8 atom stereocenters. The number of carbonyl (C=O) groups is 1. The highest BCUT2D eigenvalue weighted by atomic mass is 32.2. The number of carbonyl (C=O) groups excluding carboxylic acids is 1. The van der Waals surface area contributed by atoms with Crippen LogP contribution in [0.1, 0.15) is 144 Å². The van der Waals surface area contributed by atoms with Crippen LogP contribution in [0.15, 0.2) is 0 Å². The minimum absolute atomic E-state index is 0.452. The van der Waals surface area contributed by atoms with Crippen LogP contribution < -0.4 is 10.0 Å². The Morgan fingerprint density at radius 2 is 1.60 bits per heavy atom. The molecule has 3 nitrogen and oxygen atoms in total. The lowest BCUT2D eigenvalue weighted by molar-refractivity contribution is -0.135. The first kappa shape index (κ1) is 32.7. The molecule has 40 heavy (non-hydrogen) atoms. The van der Waals surface area contributed by atoms with E-state index in [1.54, 1.807) is 50.5 Å². The minimum atomic E-state index is 0.452. The number of fused-ring (bicyclic) bond motifs is 5. The lowest BCUT2D eigenvalue weighted by atomic mass is 9.42. The normalized spacial score (nSPS) is 43.0. The van der Waals surface area contributed by atoms with Crippen molar-refractivity contribution in [3.05, 3.63) is 0 Å². The molecule has 232 valence electrons.